The molecule has 156 valence electrons. The Balaban J connectivity index is 2.45. The van der Waals surface area contributed by atoms with Crippen molar-refractivity contribution in [1.29, 1.82) is 0 Å². The molecule has 0 spiro atoms. The molecule has 0 aromatic rings. The van der Waals surface area contributed by atoms with Crippen LogP contribution in [-0.2, 0) is 9.59 Å². The summed E-state index contributed by atoms with van der Waals surface area (Å²) in [6, 6.07) is 0. The highest BCUT2D eigenvalue weighted by molar-refractivity contribution is 5.85. The fourth-order valence-electron chi connectivity index (χ4n) is 3.78. The number of unbranched alkanes of at least 4 members (excludes halogenated alkanes) is 1. The predicted octanol–water partition coefficient (Wildman–Crippen LogP) is 3.72. The van der Waals surface area contributed by atoms with Gasteiger partial charge in [0.2, 0.25) is 5.78 Å². The van der Waals surface area contributed by atoms with E-state index in [4.69, 9.17) is 5.11 Å². The van der Waals surface area contributed by atoms with Crippen molar-refractivity contribution in [2.24, 2.45) is 11.8 Å². The van der Waals surface area contributed by atoms with Gasteiger partial charge in [-0.1, -0.05) is 19.1 Å². The van der Waals surface area contributed by atoms with Crippen molar-refractivity contribution < 1.29 is 33.7 Å². The maximum Gasteiger partial charge on any atom is 0.305 e. The number of rotatable bonds is 13. The number of allylic oxidation sites excluding steroid dienone is 2. The van der Waals surface area contributed by atoms with Crippen molar-refractivity contribution in [3.05, 3.63) is 12.2 Å². The van der Waals surface area contributed by atoms with Crippen molar-refractivity contribution in [2.75, 3.05) is 0 Å². The highest BCUT2D eigenvalue weighted by Gasteiger charge is 2.41. The number of carboxylic acids is 1. The molecule has 0 aromatic heterocycles. The largest absolute Gasteiger partial charge is 0.481 e. The van der Waals surface area contributed by atoms with Gasteiger partial charge in [-0.2, -0.15) is 8.78 Å². The van der Waals surface area contributed by atoms with E-state index in [1.807, 2.05) is 12.2 Å². The lowest BCUT2D eigenvalue weighted by atomic mass is 9.86. The average Bonchev–Trinajstić information content (AvgIpc) is 2.84. The third-order valence-corrected chi connectivity index (χ3v) is 5.27. The molecule has 0 radical (unpaired) electrons. The molecule has 1 aliphatic carbocycles. The van der Waals surface area contributed by atoms with Gasteiger partial charge in [-0.25, -0.2) is 0 Å². The number of carbonyl (C=O) groups excluding carboxylic acids is 1. The highest BCUT2D eigenvalue weighted by Crippen LogP contribution is 2.38. The number of aliphatic hydroxyl groups is 2. The van der Waals surface area contributed by atoms with Crippen LogP contribution in [-0.4, -0.2) is 45.2 Å². The van der Waals surface area contributed by atoms with E-state index in [0.29, 0.717) is 25.7 Å². The zero-order valence-corrected chi connectivity index (χ0v) is 15.9. The Hall–Kier alpha value is -1.34. The molecule has 1 saturated carbocycles. The third-order valence-electron chi connectivity index (χ3n) is 5.27. The fourth-order valence-corrected chi connectivity index (χ4v) is 3.78. The van der Waals surface area contributed by atoms with E-state index in [1.165, 1.54) is 0 Å². The highest BCUT2D eigenvalue weighted by atomic mass is 19.3. The second-order valence-electron chi connectivity index (χ2n) is 7.46. The Bertz CT molecular complexity index is 507. The normalized spacial score (nSPS) is 26.0. The molecule has 1 aliphatic rings. The number of ketones is 1. The summed E-state index contributed by atoms with van der Waals surface area (Å²) in [6.45, 7) is 1.61. The van der Waals surface area contributed by atoms with Crippen molar-refractivity contribution in [1.82, 2.24) is 0 Å². The summed E-state index contributed by atoms with van der Waals surface area (Å²) in [5.74, 6) is -5.57. The van der Waals surface area contributed by atoms with Crippen LogP contribution >= 0.6 is 0 Å². The standard InChI is InChI=1S/C20H32F2O5/c1-2-12-20(21,22)18(25)10-7-9-15-14(16(23)13-17(15)24)8-5-3-4-6-11-19(26)27/h3,5,14-17,23-24H,2,4,6-13H2,1H3,(H,26,27)/b5-3-/t14-,15-,16+,17-/m1/s1. The molecule has 27 heavy (non-hydrogen) atoms. The fraction of sp³-hybridized carbons (Fsp3) is 0.800. The quantitative estimate of drug-likeness (QED) is 0.329. The van der Waals surface area contributed by atoms with Gasteiger partial charge in [0, 0.05) is 19.3 Å². The molecule has 0 aromatic carbocycles. The van der Waals surface area contributed by atoms with Crippen LogP contribution in [0.15, 0.2) is 12.2 Å². The maximum absolute atomic E-state index is 13.6. The first-order valence-electron chi connectivity index (χ1n) is 9.83. The summed E-state index contributed by atoms with van der Waals surface area (Å²) in [5, 5.41) is 28.9. The Labute approximate surface area is 159 Å². The van der Waals surface area contributed by atoms with Crippen LogP contribution in [0.1, 0.15) is 71.1 Å². The van der Waals surface area contributed by atoms with Crippen LogP contribution in [0.25, 0.3) is 0 Å². The molecule has 3 N–H and O–H groups in total. The van der Waals surface area contributed by atoms with Crippen LogP contribution in [0, 0.1) is 11.8 Å². The predicted molar refractivity (Wildman–Crippen MR) is 97.6 cm³/mol. The van der Waals surface area contributed by atoms with Gasteiger partial charge >= 0.3 is 11.9 Å². The monoisotopic (exact) mass is 390 g/mol. The molecule has 0 unspecified atom stereocenters. The van der Waals surface area contributed by atoms with Gasteiger partial charge in [-0.05, 0) is 56.8 Å². The molecule has 1 fully saturated rings. The van der Waals surface area contributed by atoms with E-state index in [9.17, 15) is 28.6 Å². The number of carboxylic acid groups (broad SMARTS) is 1. The van der Waals surface area contributed by atoms with Crippen molar-refractivity contribution >= 4 is 11.8 Å². The molecule has 1 rings (SSSR count). The zero-order chi connectivity index (χ0) is 20.4. The van der Waals surface area contributed by atoms with E-state index >= 15 is 0 Å². The lowest BCUT2D eigenvalue weighted by molar-refractivity contribution is -0.144. The first-order chi connectivity index (χ1) is 12.7. The van der Waals surface area contributed by atoms with E-state index < -0.39 is 36.3 Å². The molecular formula is C20H32F2O5. The molecule has 0 amide bonds. The molecule has 0 aliphatic heterocycles. The van der Waals surface area contributed by atoms with Gasteiger partial charge in [0.05, 0.1) is 12.2 Å². The third kappa shape index (κ3) is 8.05. The number of halogens is 2. The van der Waals surface area contributed by atoms with Gasteiger partial charge < -0.3 is 15.3 Å². The van der Waals surface area contributed by atoms with E-state index in [0.717, 1.165) is 0 Å². The van der Waals surface area contributed by atoms with E-state index in [2.05, 4.69) is 0 Å². The van der Waals surface area contributed by atoms with Gasteiger partial charge in [0.25, 0.3) is 0 Å². The number of carbonyl (C=O) groups is 2. The van der Waals surface area contributed by atoms with E-state index in [-0.39, 0.29) is 43.9 Å². The Kier molecular flexibility index (Phi) is 10.1. The first kappa shape index (κ1) is 23.7. The Morgan fingerprint density at radius 2 is 1.74 bits per heavy atom. The number of aliphatic carboxylic acids is 1. The van der Waals surface area contributed by atoms with Crippen LogP contribution < -0.4 is 0 Å². The lowest BCUT2D eigenvalue weighted by Gasteiger charge is -2.22. The number of Topliss-reactive ketones (excluding diaryl/α,β-unsaturated/α-hetero) is 1. The minimum atomic E-state index is -3.28. The first-order valence-corrected chi connectivity index (χ1v) is 9.83. The second-order valence-corrected chi connectivity index (χ2v) is 7.46. The molecule has 0 bridgehead atoms. The maximum atomic E-state index is 13.6. The smallest absolute Gasteiger partial charge is 0.305 e. The molecule has 0 saturated heterocycles. The minimum absolute atomic E-state index is 0.106. The molecule has 5 nitrogen and oxygen atoms in total. The molecular weight excluding hydrogens is 358 g/mol. The van der Waals surface area contributed by atoms with Gasteiger partial charge in [-0.3, -0.25) is 9.59 Å². The molecule has 0 heterocycles. The SMILES string of the molecule is CCCC(F)(F)C(=O)CCC[C@@H]1[C@@H](C/C=C\CCCC(=O)O)[C@@H](O)C[C@H]1O. The molecule has 7 heteroatoms. The van der Waals surface area contributed by atoms with Crippen molar-refractivity contribution in [3.63, 3.8) is 0 Å². The second kappa shape index (κ2) is 11.5. The molecule has 4 atom stereocenters. The van der Waals surface area contributed by atoms with Crippen LogP contribution in [0.4, 0.5) is 8.78 Å². The van der Waals surface area contributed by atoms with Gasteiger partial charge in [-0.15, -0.1) is 0 Å². The van der Waals surface area contributed by atoms with E-state index in [1.54, 1.807) is 6.92 Å². The topological polar surface area (TPSA) is 94.8 Å². The Morgan fingerprint density at radius 3 is 2.37 bits per heavy atom. The van der Waals surface area contributed by atoms with Crippen molar-refractivity contribution in [2.45, 2.75) is 89.3 Å². The van der Waals surface area contributed by atoms with Gasteiger partial charge in [0.15, 0.2) is 0 Å². The zero-order valence-electron chi connectivity index (χ0n) is 15.9. The Morgan fingerprint density at radius 1 is 1.07 bits per heavy atom. The summed E-state index contributed by atoms with van der Waals surface area (Å²) in [5.41, 5.74) is 0. The summed E-state index contributed by atoms with van der Waals surface area (Å²) < 4.78 is 27.1. The number of hydrogen-bond acceptors (Lipinski definition) is 4. The summed E-state index contributed by atoms with van der Waals surface area (Å²) in [7, 11) is 0. The summed E-state index contributed by atoms with van der Waals surface area (Å²) >= 11 is 0. The van der Waals surface area contributed by atoms with Crippen LogP contribution in [0.2, 0.25) is 0 Å². The summed E-state index contributed by atoms with van der Waals surface area (Å²) in [6.07, 6.45) is 4.73. The number of hydrogen-bond donors (Lipinski definition) is 3. The summed E-state index contributed by atoms with van der Waals surface area (Å²) in [4.78, 5) is 22.1. The minimum Gasteiger partial charge on any atom is -0.481 e. The average molecular weight is 390 g/mol. The van der Waals surface area contributed by atoms with Crippen molar-refractivity contribution in [3.8, 4) is 0 Å². The number of alkyl halides is 2. The van der Waals surface area contributed by atoms with Crippen LogP contribution in [0.3, 0.4) is 0 Å². The van der Waals surface area contributed by atoms with Crippen LogP contribution in [0.5, 0.6) is 0 Å². The van der Waals surface area contributed by atoms with Gasteiger partial charge in [0.1, 0.15) is 0 Å². The lowest BCUT2D eigenvalue weighted by Crippen LogP contribution is -2.28. The number of aliphatic hydroxyl groups excluding tert-OH is 2.